The summed E-state index contributed by atoms with van der Waals surface area (Å²) in [6.07, 6.45) is 6.64. The largest absolute Gasteiger partial charge is 0.359 e. The van der Waals surface area contributed by atoms with Gasteiger partial charge >= 0.3 is 0 Å². The van der Waals surface area contributed by atoms with Crippen LogP contribution in [0.3, 0.4) is 0 Å². The molecule has 1 aliphatic rings. The highest BCUT2D eigenvalue weighted by Crippen LogP contribution is 2.21. The fraction of sp³-hybridized carbons (Fsp3) is 0.722. The molecule has 0 spiro atoms. The van der Waals surface area contributed by atoms with Crippen LogP contribution in [0.4, 0.5) is 0 Å². The van der Waals surface area contributed by atoms with Crippen LogP contribution in [0, 0.1) is 5.92 Å². The third kappa shape index (κ3) is 6.95. The highest BCUT2D eigenvalue weighted by atomic mass is 127. The van der Waals surface area contributed by atoms with Crippen LogP contribution in [0.2, 0.25) is 0 Å². The minimum atomic E-state index is 0. The first kappa shape index (κ1) is 23.7. The van der Waals surface area contributed by atoms with E-state index in [-0.39, 0.29) is 35.9 Å². The van der Waals surface area contributed by atoms with Gasteiger partial charge in [0, 0.05) is 59.0 Å². The second-order valence-electron chi connectivity index (χ2n) is 7.16. The summed E-state index contributed by atoms with van der Waals surface area (Å²) < 4.78 is 1.83. The van der Waals surface area contributed by atoms with Gasteiger partial charge in [0.05, 0.1) is 12.2 Å². The number of halogens is 1. The van der Waals surface area contributed by atoms with Gasteiger partial charge in [0.25, 0.3) is 0 Å². The number of carbonyl (C=O) groups is 1. The Hall–Kier alpha value is -1.36. The molecule has 27 heavy (non-hydrogen) atoms. The van der Waals surface area contributed by atoms with E-state index >= 15 is 0 Å². The predicted octanol–water partition coefficient (Wildman–Crippen LogP) is 1.06. The normalized spacial score (nSPS) is 16.8. The van der Waals surface area contributed by atoms with Gasteiger partial charge in [0.1, 0.15) is 0 Å². The number of hydrogen-bond donors (Lipinski definition) is 2. The molecule has 1 atom stereocenters. The molecule has 1 saturated heterocycles. The summed E-state index contributed by atoms with van der Waals surface area (Å²) in [5.74, 6) is 1.53. The summed E-state index contributed by atoms with van der Waals surface area (Å²) in [5.41, 5.74) is 1.18. The third-order valence-corrected chi connectivity index (χ3v) is 5.07. The molecule has 1 fully saturated rings. The number of hydrogen-bond acceptors (Lipinski definition) is 4. The van der Waals surface area contributed by atoms with Crippen LogP contribution in [0.15, 0.2) is 17.4 Å². The van der Waals surface area contributed by atoms with Crippen molar-refractivity contribution in [3.63, 3.8) is 0 Å². The van der Waals surface area contributed by atoms with Gasteiger partial charge in [-0.1, -0.05) is 0 Å². The van der Waals surface area contributed by atoms with Crippen molar-refractivity contribution < 1.29 is 4.79 Å². The van der Waals surface area contributed by atoms with E-state index in [0.717, 1.165) is 38.4 Å². The topological polar surface area (TPSA) is 77.8 Å². The van der Waals surface area contributed by atoms with Gasteiger partial charge in [0.2, 0.25) is 5.91 Å². The Labute approximate surface area is 179 Å². The highest BCUT2D eigenvalue weighted by Gasteiger charge is 2.24. The number of likely N-dealkylation sites (N-methyl/N-ethyl adjacent to an activating group) is 1. The number of nitrogens with zero attached hydrogens (tertiary/aromatic N) is 5. The number of aryl methyl sites for hydroxylation is 1. The number of carbonyl (C=O) groups excluding carboxylic acids is 1. The van der Waals surface area contributed by atoms with E-state index in [1.165, 1.54) is 5.56 Å². The standard InChI is InChI=1S/C18H33N7O.HI/c1-19-17(26)10-14-6-8-25(9-7-14)18(20-2)21-12-16(23(3)4)15-11-22-24(5)13-15;/h11,13-14,16H,6-10,12H2,1-5H3,(H,19,26)(H,20,21);1H. The van der Waals surface area contributed by atoms with Crippen LogP contribution in [-0.2, 0) is 11.8 Å². The van der Waals surface area contributed by atoms with E-state index in [4.69, 9.17) is 0 Å². The quantitative estimate of drug-likeness (QED) is 0.354. The van der Waals surface area contributed by atoms with Crippen molar-refractivity contribution >= 4 is 35.8 Å². The molecule has 0 bridgehead atoms. The fourth-order valence-corrected chi connectivity index (χ4v) is 3.44. The van der Waals surface area contributed by atoms with E-state index in [9.17, 15) is 4.79 Å². The van der Waals surface area contributed by atoms with Gasteiger partial charge in [-0.3, -0.25) is 14.5 Å². The molecule has 1 aromatic heterocycles. The Morgan fingerprint density at radius 1 is 1.41 bits per heavy atom. The smallest absolute Gasteiger partial charge is 0.220 e. The molecule has 1 aliphatic heterocycles. The van der Waals surface area contributed by atoms with Crippen LogP contribution >= 0.6 is 24.0 Å². The molecular formula is C18H34IN7O. The zero-order valence-corrected chi connectivity index (χ0v) is 19.4. The molecule has 2 rings (SSSR count). The first-order valence-electron chi connectivity index (χ1n) is 9.25. The average molecular weight is 491 g/mol. The number of guanidine groups is 1. The van der Waals surface area contributed by atoms with Crippen LogP contribution in [0.25, 0.3) is 0 Å². The minimum Gasteiger partial charge on any atom is -0.359 e. The molecule has 1 aromatic rings. The second kappa shape index (κ2) is 11.5. The lowest BCUT2D eigenvalue weighted by Gasteiger charge is -2.35. The van der Waals surface area contributed by atoms with Gasteiger partial charge < -0.3 is 20.4 Å². The first-order chi connectivity index (χ1) is 12.4. The van der Waals surface area contributed by atoms with E-state index in [1.54, 1.807) is 7.05 Å². The number of likely N-dealkylation sites (tertiary alicyclic amines) is 1. The minimum absolute atomic E-state index is 0. The molecule has 1 unspecified atom stereocenters. The monoisotopic (exact) mass is 491 g/mol. The summed E-state index contributed by atoms with van der Waals surface area (Å²) in [6.45, 7) is 2.63. The lowest BCUT2D eigenvalue weighted by molar-refractivity contribution is -0.121. The summed E-state index contributed by atoms with van der Waals surface area (Å²) in [7, 11) is 9.62. The molecule has 2 N–H and O–H groups in total. The first-order valence-corrected chi connectivity index (χ1v) is 9.25. The van der Waals surface area contributed by atoms with Gasteiger partial charge in [0.15, 0.2) is 5.96 Å². The van der Waals surface area contributed by atoms with Crippen molar-refractivity contribution in [2.75, 3.05) is 47.8 Å². The fourth-order valence-electron chi connectivity index (χ4n) is 3.44. The zero-order valence-electron chi connectivity index (χ0n) is 17.1. The Kier molecular flexibility index (Phi) is 10.1. The van der Waals surface area contributed by atoms with E-state index in [2.05, 4.69) is 50.8 Å². The van der Waals surface area contributed by atoms with Gasteiger partial charge in [-0.05, 0) is 32.9 Å². The summed E-state index contributed by atoms with van der Waals surface area (Å²) in [4.78, 5) is 20.5. The predicted molar refractivity (Wildman–Crippen MR) is 119 cm³/mol. The maximum atomic E-state index is 11.6. The number of rotatable bonds is 6. The summed E-state index contributed by atoms with van der Waals surface area (Å²) >= 11 is 0. The Balaban J connectivity index is 0.00000364. The van der Waals surface area contributed by atoms with Crippen molar-refractivity contribution in [3.8, 4) is 0 Å². The van der Waals surface area contributed by atoms with Crippen molar-refractivity contribution in [3.05, 3.63) is 18.0 Å². The van der Waals surface area contributed by atoms with Crippen LogP contribution in [-0.4, -0.2) is 79.3 Å². The van der Waals surface area contributed by atoms with Crippen LogP contribution in [0.5, 0.6) is 0 Å². The lowest BCUT2D eigenvalue weighted by atomic mass is 9.93. The molecule has 8 nitrogen and oxygen atoms in total. The molecular weight excluding hydrogens is 457 g/mol. The SMILES string of the molecule is CN=C(NCC(c1cnn(C)c1)N(C)C)N1CCC(CC(=O)NC)CC1.I. The maximum absolute atomic E-state index is 11.6. The number of nitrogens with one attached hydrogen (secondary N) is 2. The molecule has 154 valence electrons. The molecule has 9 heteroatoms. The van der Waals surface area contributed by atoms with E-state index in [0.29, 0.717) is 12.3 Å². The molecule has 0 radical (unpaired) electrons. The van der Waals surface area contributed by atoms with Crippen LogP contribution < -0.4 is 10.6 Å². The van der Waals surface area contributed by atoms with Gasteiger partial charge in [-0.2, -0.15) is 5.10 Å². The van der Waals surface area contributed by atoms with Gasteiger partial charge in [-0.15, -0.1) is 24.0 Å². The molecule has 0 saturated carbocycles. The average Bonchev–Trinajstić information content (AvgIpc) is 3.05. The summed E-state index contributed by atoms with van der Waals surface area (Å²) in [6, 6.07) is 0.228. The number of aromatic nitrogens is 2. The second-order valence-corrected chi connectivity index (χ2v) is 7.16. The number of piperidine rings is 1. The molecule has 0 aliphatic carbocycles. The Bertz CT molecular complexity index is 609. The molecule has 1 amide bonds. The van der Waals surface area contributed by atoms with Crippen LogP contribution in [0.1, 0.15) is 30.9 Å². The number of aliphatic imine (C=N–C) groups is 1. The third-order valence-electron chi connectivity index (χ3n) is 5.07. The van der Waals surface area contributed by atoms with Crippen molar-refractivity contribution in [1.29, 1.82) is 0 Å². The molecule has 0 aromatic carbocycles. The summed E-state index contributed by atoms with van der Waals surface area (Å²) in [5, 5.41) is 10.5. The Morgan fingerprint density at radius 3 is 2.56 bits per heavy atom. The van der Waals surface area contributed by atoms with Crippen molar-refractivity contribution in [2.45, 2.75) is 25.3 Å². The van der Waals surface area contributed by atoms with Gasteiger partial charge in [-0.25, -0.2) is 0 Å². The van der Waals surface area contributed by atoms with E-state index in [1.807, 2.05) is 25.0 Å². The van der Waals surface area contributed by atoms with Crippen molar-refractivity contribution in [2.24, 2.45) is 18.0 Å². The zero-order chi connectivity index (χ0) is 19.1. The lowest BCUT2D eigenvalue weighted by Crippen LogP contribution is -2.47. The maximum Gasteiger partial charge on any atom is 0.220 e. The molecule has 2 heterocycles. The van der Waals surface area contributed by atoms with E-state index < -0.39 is 0 Å². The Morgan fingerprint density at radius 2 is 2.07 bits per heavy atom. The van der Waals surface area contributed by atoms with Crippen molar-refractivity contribution in [1.82, 2.24) is 30.2 Å². The number of amides is 1. The highest BCUT2D eigenvalue weighted by molar-refractivity contribution is 14.0.